The normalized spacial score (nSPS) is 18.9. The number of carbonyl (C=O) groups excluding carboxylic acids is 1. The van der Waals surface area contributed by atoms with Gasteiger partial charge in [0.15, 0.2) is 0 Å². The highest BCUT2D eigenvalue weighted by Gasteiger charge is 2.22. The fourth-order valence-corrected chi connectivity index (χ4v) is 3.04. The van der Waals surface area contributed by atoms with E-state index in [0.29, 0.717) is 18.3 Å². The molecule has 1 fully saturated rings. The highest BCUT2D eigenvalue weighted by atomic mass is 16.5. The van der Waals surface area contributed by atoms with Crippen LogP contribution in [0.4, 0.5) is 5.88 Å². The Morgan fingerprint density at radius 3 is 3.08 bits per heavy atom. The minimum Gasteiger partial charge on any atom is -0.338 e. The number of carbonyl (C=O) groups is 1. The third kappa shape index (κ3) is 4.41. The molecule has 0 spiro atoms. The van der Waals surface area contributed by atoms with Crippen LogP contribution in [0, 0.1) is 5.92 Å². The van der Waals surface area contributed by atoms with Gasteiger partial charge in [0.2, 0.25) is 11.8 Å². The zero-order valence-electron chi connectivity index (χ0n) is 14.2. The van der Waals surface area contributed by atoms with Crippen molar-refractivity contribution in [3.63, 3.8) is 0 Å². The van der Waals surface area contributed by atoms with E-state index in [0.717, 1.165) is 38.2 Å². The molecule has 1 amide bonds. The van der Waals surface area contributed by atoms with Crippen molar-refractivity contribution in [1.29, 1.82) is 0 Å². The summed E-state index contributed by atoms with van der Waals surface area (Å²) >= 11 is 0. The molecule has 24 heavy (non-hydrogen) atoms. The van der Waals surface area contributed by atoms with Gasteiger partial charge in [-0.25, -0.2) is 4.98 Å². The Balaban J connectivity index is 1.48. The second-order valence-corrected chi connectivity index (χ2v) is 6.68. The van der Waals surface area contributed by atoms with Crippen molar-refractivity contribution in [1.82, 2.24) is 24.8 Å². The van der Waals surface area contributed by atoms with Gasteiger partial charge < -0.3 is 4.52 Å². The second kappa shape index (κ2) is 7.57. The van der Waals surface area contributed by atoms with E-state index < -0.39 is 0 Å². The molecule has 2 aromatic heterocycles. The standard InChI is InChI=1S/C16H24N6O2/c1-12(2)14-6-16(24-20-14)19-15(23)9-21-5-3-4-13(7-21)8-22-11-17-10-18-22/h6,10-13H,3-5,7-9H2,1-2H3,(H,19,23). The molecular weight excluding hydrogens is 308 g/mol. The first-order valence-electron chi connectivity index (χ1n) is 8.41. The van der Waals surface area contributed by atoms with E-state index in [1.54, 1.807) is 18.7 Å². The SMILES string of the molecule is CC(C)c1cc(NC(=O)CN2CCCC(Cn3cncn3)C2)on1. The van der Waals surface area contributed by atoms with E-state index in [1.807, 2.05) is 18.5 Å². The number of hydrogen-bond donors (Lipinski definition) is 1. The molecular formula is C16H24N6O2. The molecule has 0 aromatic carbocycles. The third-order valence-corrected chi connectivity index (χ3v) is 4.26. The van der Waals surface area contributed by atoms with Crippen molar-refractivity contribution in [3.05, 3.63) is 24.4 Å². The average Bonchev–Trinajstić information content (AvgIpc) is 3.19. The Morgan fingerprint density at radius 1 is 1.50 bits per heavy atom. The molecule has 2 aromatic rings. The quantitative estimate of drug-likeness (QED) is 0.867. The zero-order chi connectivity index (χ0) is 16.9. The molecule has 1 aliphatic rings. The van der Waals surface area contributed by atoms with Gasteiger partial charge in [-0.1, -0.05) is 19.0 Å². The predicted octanol–water partition coefficient (Wildman–Crippen LogP) is 1.74. The lowest BCUT2D eigenvalue weighted by molar-refractivity contribution is -0.117. The van der Waals surface area contributed by atoms with Crippen molar-refractivity contribution in [3.8, 4) is 0 Å². The summed E-state index contributed by atoms with van der Waals surface area (Å²) in [7, 11) is 0. The number of anilines is 1. The topological polar surface area (TPSA) is 89.1 Å². The molecule has 0 bridgehead atoms. The minimum absolute atomic E-state index is 0.0668. The molecule has 1 saturated heterocycles. The fourth-order valence-electron chi connectivity index (χ4n) is 3.04. The lowest BCUT2D eigenvalue weighted by Gasteiger charge is -2.31. The maximum Gasteiger partial charge on any atom is 0.240 e. The largest absolute Gasteiger partial charge is 0.338 e. The first kappa shape index (κ1) is 16.6. The van der Waals surface area contributed by atoms with Crippen LogP contribution < -0.4 is 5.32 Å². The van der Waals surface area contributed by atoms with Crippen LogP contribution in [-0.2, 0) is 11.3 Å². The molecule has 8 heteroatoms. The van der Waals surface area contributed by atoms with E-state index >= 15 is 0 Å². The Hall–Kier alpha value is -2.22. The highest BCUT2D eigenvalue weighted by molar-refractivity contribution is 5.90. The number of rotatable bonds is 6. The van der Waals surface area contributed by atoms with Crippen LogP contribution >= 0.6 is 0 Å². The lowest BCUT2D eigenvalue weighted by atomic mass is 9.98. The van der Waals surface area contributed by atoms with Gasteiger partial charge in [0, 0.05) is 19.2 Å². The van der Waals surface area contributed by atoms with Crippen LogP contribution in [0.2, 0.25) is 0 Å². The van der Waals surface area contributed by atoms with E-state index in [2.05, 4.69) is 25.5 Å². The maximum atomic E-state index is 12.2. The van der Waals surface area contributed by atoms with Crippen molar-refractivity contribution in [2.75, 3.05) is 25.0 Å². The monoisotopic (exact) mass is 332 g/mol. The van der Waals surface area contributed by atoms with Crippen molar-refractivity contribution >= 4 is 11.8 Å². The summed E-state index contributed by atoms with van der Waals surface area (Å²) in [6.45, 7) is 7.11. The van der Waals surface area contributed by atoms with Gasteiger partial charge in [-0.3, -0.25) is 19.7 Å². The van der Waals surface area contributed by atoms with Crippen LogP contribution in [0.25, 0.3) is 0 Å². The van der Waals surface area contributed by atoms with E-state index in [1.165, 1.54) is 0 Å². The molecule has 1 atom stereocenters. The lowest BCUT2D eigenvalue weighted by Crippen LogP contribution is -2.41. The first-order chi connectivity index (χ1) is 11.6. The van der Waals surface area contributed by atoms with Crippen molar-refractivity contribution < 1.29 is 9.32 Å². The molecule has 8 nitrogen and oxygen atoms in total. The Labute approximate surface area is 141 Å². The Morgan fingerprint density at radius 2 is 2.38 bits per heavy atom. The Bertz CT molecular complexity index is 651. The molecule has 0 saturated carbocycles. The van der Waals surface area contributed by atoms with Gasteiger partial charge in [0.1, 0.15) is 12.7 Å². The maximum absolute atomic E-state index is 12.2. The van der Waals surface area contributed by atoms with Crippen LogP contribution in [0.1, 0.15) is 38.3 Å². The van der Waals surface area contributed by atoms with Gasteiger partial charge in [0.05, 0.1) is 12.2 Å². The van der Waals surface area contributed by atoms with E-state index in [4.69, 9.17) is 4.52 Å². The summed E-state index contributed by atoms with van der Waals surface area (Å²) in [5.41, 5.74) is 0.844. The summed E-state index contributed by atoms with van der Waals surface area (Å²) in [5, 5.41) is 10.9. The average molecular weight is 332 g/mol. The molecule has 130 valence electrons. The number of piperidine rings is 1. The van der Waals surface area contributed by atoms with Gasteiger partial charge in [-0.15, -0.1) is 0 Å². The van der Waals surface area contributed by atoms with Gasteiger partial charge >= 0.3 is 0 Å². The first-order valence-corrected chi connectivity index (χ1v) is 8.41. The fraction of sp³-hybridized carbons (Fsp3) is 0.625. The highest BCUT2D eigenvalue weighted by Crippen LogP contribution is 2.19. The summed E-state index contributed by atoms with van der Waals surface area (Å²) < 4.78 is 7.02. The molecule has 1 unspecified atom stereocenters. The second-order valence-electron chi connectivity index (χ2n) is 6.68. The molecule has 3 heterocycles. The number of hydrogen-bond acceptors (Lipinski definition) is 6. The number of nitrogens with one attached hydrogen (secondary N) is 1. The summed E-state index contributed by atoms with van der Waals surface area (Å²) in [5.74, 6) is 1.12. The number of aromatic nitrogens is 4. The van der Waals surface area contributed by atoms with Crippen molar-refractivity contribution in [2.45, 2.75) is 39.2 Å². The predicted molar refractivity (Wildman–Crippen MR) is 88.4 cm³/mol. The number of nitrogens with zero attached hydrogens (tertiary/aromatic N) is 5. The van der Waals surface area contributed by atoms with Gasteiger partial charge in [0.25, 0.3) is 0 Å². The van der Waals surface area contributed by atoms with Crippen LogP contribution in [-0.4, -0.2) is 50.4 Å². The summed E-state index contributed by atoms with van der Waals surface area (Å²) in [4.78, 5) is 18.4. The minimum atomic E-state index is -0.0668. The number of likely N-dealkylation sites (tertiary alicyclic amines) is 1. The van der Waals surface area contributed by atoms with Crippen LogP contribution in [0.15, 0.2) is 23.2 Å². The molecule has 1 N–H and O–H groups in total. The number of amides is 1. The van der Waals surface area contributed by atoms with Crippen molar-refractivity contribution in [2.24, 2.45) is 5.92 Å². The zero-order valence-corrected chi connectivity index (χ0v) is 14.2. The van der Waals surface area contributed by atoms with Gasteiger partial charge in [-0.2, -0.15) is 5.10 Å². The van der Waals surface area contributed by atoms with Crippen LogP contribution in [0.3, 0.4) is 0 Å². The molecule has 0 radical (unpaired) electrons. The van der Waals surface area contributed by atoms with E-state index in [9.17, 15) is 4.79 Å². The summed E-state index contributed by atoms with van der Waals surface area (Å²) in [6, 6.07) is 1.78. The molecule has 3 rings (SSSR count). The molecule has 1 aliphatic heterocycles. The Kier molecular flexibility index (Phi) is 5.24. The van der Waals surface area contributed by atoms with E-state index in [-0.39, 0.29) is 11.8 Å². The van der Waals surface area contributed by atoms with Crippen LogP contribution in [0.5, 0.6) is 0 Å². The smallest absolute Gasteiger partial charge is 0.240 e. The summed E-state index contributed by atoms with van der Waals surface area (Å²) in [6.07, 6.45) is 5.53. The van der Waals surface area contributed by atoms with Gasteiger partial charge in [-0.05, 0) is 31.2 Å². The molecule has 0 aliphatic carbocycles. The third-order valence-electron chi connectivity index (χ3n) is 4.26.